The average molecular weight is 500 g/mol. The lowest BCUT2D eigenvalue weighted by molar-refractivity contribution is -0.154. The SMILES string of the molecule is COc1ccnc(C(=O)C[C@@H](C)C(=O)O[C@H](C)[C@H](c2ccc(F)cc2C)C2CCCC2)c1OC(C)=O. The molecular formula is C28H34FNO6. The lowest BCUT2D eigenvalue weighted by Crippen LogP contribution is -2.30. The maximum absolute atomic E-state index is 13.8. The number of benzene rings is 1. The van der Waals surface area contributed by atoms with Gasteiger partial charge in [-0.1, -0.05) is 25.8 Å². The fourth-order valence-corrected chi connectivity index (χ4v) is 5.08. The third kappa shape index (κ3) is 6.47. The van der Waals surface area contributed by atoms with Gasteiger partial charge in [0.25, 0.3) is 0 Å². The minimum absolute atomic E-state index is 0.0597. The molecule has 3 rings (SSSR count). The molecule has 1 saturated carbocycles. The van der Waals surface area contributed by atoms with Crippen LogP contribution in [-0.4, -0.2) is 35.9 Å². The van der Waals surface area contributed by atoms with Crippen molar-refractivity contribution in [3.63, 3.8) is 0 Å². The van der Waals surface area contributed by atoms with Crippen LogP contribution in [0, 0.1) is 24.6 Å². The number of rotatable bonds is 10. The molecule has 1 aromatic heterocycles. The summed E-state index contributed by atoms with van der Waals surface area (Å²) in [7, 11) is 1.39. The lowest BCUT2D eigenvalue weighted by atomic mass is 9.79. The van der Waals surface area contributed by atoms with Gasteiger partial charge in [-0.25, -0.2) is 9.37 Å². The first-order valence-electron chi connectivity index (χ1n) is 12.3. The minimum atomic E-state index is -0.753. The van der Waals surface area contributed by atoms with E-state index in [2.05, 4.69) is 4.98 Å². The van der Waals surface area contributed by atoms with Crippen LogP contribution in [0.4, 0.5) is 4.39 Å². The number of esters is 2. The maximum atomic E-state index is 13.8. The monoisotopic (exact) mass is 499 g/mol. The van der Waals surface area contributed by atoms with Crippen LogP contribution in [-0.2, 0) is 14.3 Å². The van der Waals surface area contributed by atoms with Crippen molar-refractivity contribution in [2.75, 3.05) is 7.11 Å². The van der Waals surface area contributed by atoms with Crippen LogP contribution in [0.5, 0.6) is 11.5 Å². The van der Waals surface area contributed by atoms with Gasteiger partial charge in [-0.3, -0.25) is 14.4 Å². The van der Waals surface area contributed by atoms with Gasteiger partial charge >= 0.3 is 11.9 Å². The van der Waals surface area contributed by atoms with Gasteiger partial charge in [0.05, 0.1) is 13.0 Å². The van der Waals surface area contributed by atoms with Gasteiger partial charge in [0.1, 0.15) is 11.9 Å². The van der Waals surface area contributed by atoms with Crippen molar-refractivity contribution in [1.82, 2.24) is 4.98 Å². The predicted octanol–water partition coefficient (Wildman–Crippen LogP) is 5.58. The first-order chi connectivity index (χ1) is 17.1. The normalized spacial score (nSPS) is 16.2. The highest BCUT2D eigenvalue weighted by Crippen LogP contribution is 2.41. The van der Waals surface area contributed by atoms with Gasteiger partial charge < -0.3 is 14.2 Å². The standard InChI is InChI=1S/C28H34FNO6/c1-16-14-21(29)10-11-22(16)25(20-8-6-7-9-20)18(3)35-28(33)17(2)15-23(32)26-27(36-19(4)31)24(34-5)12-13-30-26/h10-14,17-18,20,25H,6-9,15H2,1-5H3/t17-,18-,25+/m1/s1. The van der Waals surface area contributed by atoms with Crippen LogP contribution in [0.25, 0.3) is 0 Å². The van der Waals surface area contributed by atoms with Gasteiger partial charge in [-0.15, -0.1) is 0 Å². The van der Waals surface area contributed by atoms with Crippen LogP contribution in [0.15, 0.2) is 30.5 Å². The zero-order chi connectivity index (χ0) is 26.4. The number of hydrogen-bond acceptors (Lipinski definition) is 7. The molecule has 0 N–H and O–H groups in total. The van der Waals surface area contributed by atoms with Crippen LogP contribution in [0.2, 0.25) is 0 Å². The molecular weight excluding hydrogens is 465 g/mol. The molecule has 0 aliphatic heterocycles. The van der Waals surface area contributed by atoms with E-state index in [1.54, 1.807) is 13.0 Å². The third-order valence-electron chi connectivity index (χ3n) is 6.80. The van der Waals surface area contributed by atoms with E-state index >= 15 is 0 Å². The summed E-state index contributed by atoms with van der Waals surface area (Å²) in [6.07, 6.45) is 5.03. The third-order valence-corrected chi connectivity index (χ3v) is 6.80. The highest BCUT2D eigenvalue weighted by molar-refractivity contribution is 5.99. The van der Waals surface area contributed by atoms with Gasteiger partial charge in [-0.2, -0.15) is 0 Å². The number of carbonyl (C=O) groups excluding carboxylic acids is 3. The minimum Gasteiger partial charge on any atom is -0.493 e. The number of ketones is 1. The zero-order valence-electron chi connectivity index (χ0n) is 21.5. The Morgan fingerprint density at radius 3 is 2.44 bits per heavy atom. The van der Waals surface area contributed by atoms with E-state index in [0.717, 1.165) is 36.8 Å². The summed E-state index contributed by atoms with van der Waals surface area (Å²) in [4.78, 5) is 41.6. The van der Waals surface area contributed by atoms with E-state index in [-0.39, 0.29) is 35.3 Å². The number of nitrogens with zero attached hydrogens (tertiary/aromatic N) is 1. The number of Topliss-reactive ketones (excluding diaryl/α,β-unsaturated/α-hetero) is 1. The average Bonchev–Trinajstić information content (AvgIpc) is 3.34. The summed E-state index contributed by atoms with van der Waals surface area (Å²) in [5, 5.41) is 0. The van der Waals surface area contributed by atoms with E-state index in [9.17, 15) is 18.8 Å². The number of aryl methyl sites for hydroxylation is 1. The summed E-state index contributed by atoms with van der Waals surface area (Å²) < 4.78 is 30.0. The number of ether oxygens (including phenoxy) is 3. The Bertz CT molecular complexity index is 1110. The van der Waals surface area contributed by atoms with E-state index in [1.807, 2.05) is 13.8 Å². The molecule has 2 aromatic rings. The van der Waals surface area contributed by atoms with E-state index in [4.69, 9.17) is 14.2 Å². The molecule has 3 atom stereocenters. The Balaban J connectivity index is 1.75. The van der Waals surface area contributed by atoms with E-state index < -0.39 is 29.7 Å². The van der Waals surface area contributed by atoms with Crippen molar-refractivity contribution in [1.29, 1.82) is 0 Å². The molecule has 1 aliphatic carbocycles. The molecule has 0 bridgehead atoms. The summed E-state index contributed by atoms with van der Waals surface area (Å²) in [6.45, 7) is 6.57. The van der Waals surface area contributed by atoms with E-state index in [1.165, 1.54) is 38.4 Å². The molecule has 0 saturated heterocycles. The fourth-order valence-electron chi connectivity index (χ4n) is 5.08. The second-order valence-corrected chi connectivity index (χ2v) is 9.53. The first kappa shape index (κ1) is 27.3. The Morgan fingerprint density at radius 1 is 1.14 bits per heavy atom. The Kier molecular flexibility index (Phi) is 9.18. The van der Waals surface area contributed by atoms with Crippen LogP contribution in [0.1, 0.15) is 80.4 Å². The number of hydrogen-bond donors (Lipinski definition) is 0. The number of carbonyl (C=O) groups is 3. The van der Waals surface area contributed by atoms with Gasteiger partial charge in [0, 0.05) is 31.5 Å². The summed E-state index contributed by atoms with van der Waals surface area (Å²) in [5.74, 6) is -2.24. The number of methoxy groups -OCH3 is 1. The molecule has 0 spiro atoms. The quantitative estimate of drug-likeness (QED) is 0.311. The molecule has 1 aliphatic rings. The Hall–Kier alpha value is -3.29. The summed E-state index contributed by atoms with van der Waals surface area (Å²) in [5.41, 5.74) is 1.74. The lowest BCUT2D eigenvalue weighted by Gasteiger charge is -2.31. The molecule has 0 unspecified atom stereocenters. The molecule has 7 nitrogen and oxygen atoms in total. The van der Waals surface area contributed by atoms with Crippen molar-refractivity contribution in [3.8, 4) is 11.5 Å². The predicted molar refractivity (Wildman–Crippen MR) is 132 cm³/mol. The highest BCUT2D eigenvalue weighted by Gasteiger charge is 2.35. The van der Waals surface area contributed by atoms with Gasteiger partial charge in [-0.05, 0) is 55.9 Å². The summed E-state index contributed by atoms with van der Waals surface area (Å²) >= 11 is 0. The zero-order valence-corrected chi connectivity index (χ0v) is 21.5. The van der Waals surface area contributed by atoms with Crippen molar-refractivity contribution >= 4 is 17.7 Å². The maximum Gasteiger partial charge on any atom is 0.309 e. The first-order valence-corrected chi connectivity index (χ1v) is 12.3. The molecule has 8 heteroatoms. The largest absolute Gasteiger partial charge is 0.493 e. The highest BCUT2D eigenvalue weighted by atomic mass is 19.1. The Morgan fingerprint density at radius 2 is 1.83 bits per heavy atom. The molecule has 1 aromatic carbocycles. The molecule has 36 heavy (non-hydrogen) atoms. The molecule has 0 radical (unpaired) electrons. The molecule has 0 amide bonds. The molecule has 194 valence electrons. The molecule has 1 heterocycles. The number of pyridine rings is 1. The second kappa shape index (κ2) is 12.1. The van der Waals surface area contributed by atoms with Crippen molar-refractivity contribution in [2.24, 2.45) is 11.8 Å². The van der Waals surface area contributed by atoms with Crippen LogP contribution < -0.4 is 9.47 Å². The fraction of sp³-hybridized carbons (Fsp3) is 0.500. The number of halogens is 1. The molecule has 1 fully saturated rings. The van der Waals surface area contributed by atoms with Crippen LogP contribution >= 0.6 is 0 Å². The number of aromatic nitrogens is 1. The second-order valence-electron chi connectivity index (χ2n) is 9.53. The van der Waals surface area contributed by atoms with Gasteiger partial charge in [0.15, 0.2) is 17.2 Å². The van der Waals surface area contributed by atoms with Gasteiger partial charge in [0.2, 0.25) is 5.75 Å². The smallest absolute Gasteiger partial charge is 0.309 e. The van der Waals surface area contributed by atoms with Crippen molar-refractivity contribution in [3.05, 3.63) is 53.1 Å². The topological polar surface area (TPSA) is 91.8 Å². The van der Waals surface area contributed by atoms with E-state index in [0.29, 0.717) is 5.92 Å². The summed E-state index contributed by atoms with van der Waals surface area (Å²) in [6, 6.07) is 6.22. The van der Waals surface area contributed by atoms with Crippen molar-refractivity contribution in [2.45, 2.75) is 71.8 Å². The van der Waals surface area contributed by atoms with Crippen LogP contribution in [0.3, 0.4) is 0 Å². The Labute approximate surface area is 211 Å². The van der Waals surface area contributed by atoms with Crippen molar-refractivity contribution < 1.29 is 33.0 Å².